The van der Waals surface area contributed by atoms with Crippen LogP contribution in [0.2, 0.25) is 0 Å². The molecule has 0 amide bonds. The molecule has 12 rings (SSSR count). The lowest BCUT2D eigenvalue weighted by Gasteiger charge is -2.18. The van der Waals surface area contributed by atoms with Gasteiger partial charge >= 0.3 is 0 Å². The van der Waals surface area contributed by atoms with E-state index in [9.17, 15) is 0 Å². The number of furan rings is 2. The Bertz CT molecular complexity index is 3730. The molecule has 8 aromatic carbocycles. The van der Waals surface area contributed by atoms with E-state index >= 15 is 0 Å². The van der Waals surface area contributed by atoms with Crippen LogP contribution in [0.3, 0.4) is 0 Å². The van der Waals surface area contributed by atoms with Gasteiger partial charge in [-0.15, -0.1) is 0 Å². The van der Waals surface area contributed by atoms with E-state index in [2.05, 4.69) is 116 Å². The molecule has 0 saturated carbocycles. The Morgan fingerprint density at radius 2 is 0.911 bits per heavy atom. The minimum absolute atomic E-state index is 0.319. The first-order chi connectivity index (χ1) is 27.7. The number of fused-ring (bicyclic) bond motifs is 12. The van der Waals surface area contributed by atoms with Crippen LogP contribution < -0.4 is 0 Å². The smallest absolute Gasteiger partial charge is 0.218 e. The average Bonchev–Trinajstić information content (AvgIpc) is 3.99. The molecule has 56 heavy (non-hydrogen) atoms. The Labute approximate surface area is 318 Å². The molecule has 0 bridgehead atoms. The maximum atomic E-state index is 8.44. The third-order valence-electron chi connectivity index (χ3n) is 11.4. The van der Waals surface area contributed by atoms with Crippen LogP contribution in [0.5, 0.6) is 0 Å². The Morgan fingerprint density at radius 1 is 0.393 bits per heavy atom. The molecule has 0 aliphatic carbocycles. The number of hydrogen-bond acceptors (Lipinski definition) is 2. The van der Waals surface area contributed by atoms with Gasteiger partial charge in [0.1, 0.15) is 22.3 Å². The van der Waals surface area contributed by atoms with Gasteiger partial charge in [0.15, 0.2) is 5.69 Å². The lowest BCUT2D eigenvalue weighted by atomic mass is 10.0. The Kier molecular flexibility index (Phi) is 6.10. The molecular formula is C50H26N4O2. The second kappa shape index (κ2) is 11.2. The van der Waals surface area contributed by atoms with Crippen molar-refractivity contribution in [2.75, 3.05) is 0 Å². The summed E-state index contributed by atoms with van der Waals surface area (Å²) in [7, 11) is 0. The summed E-state index contributed by atoms with van der Waals surface area (Å²) < 4.78 is 17.1. The van der Waals surface area contributed by atoms with Crippen molar-refractivity contribution in [2.24, 2.45) is 0 Å². The van der Waals surface area contributed by atoms with Gasteiger partial charge in [-0.25, -0.2) is 4.85 Å². The number of nitrogens with zero attached hydrogens (tertiary/aromatic N) is 4. The van der Waals surface area contributed by atoms with Gasteiger partial charge in [0, 0.05) is 54.5 Å². The van der Waals surface area contributed by atoms with Gasteiger partial charge in [0.25, 0.3) is 0 Å². The Balaban J connectivity index is 1.10. The molecule has 0 saturated heterocycles. The summed E-state index contributed by atoms with van der Waals surface area (Å²) in [6.45, 7) is 16.5. The summed E-state index contributed by atoms with van der Waals surface area (Å²) in [6.07, 6.45) is 0. The van der Waals surface area contributed by atoms with E-state index < -0.39 is 0 Å². The van der Waals surface area contributed by atoms with Crippen LogP contribution in [0.15, 0.2) is 167 Å². The molecule has 0 atom stereocenters. The van der Waals surface area contributed by atoms with Crippen LogP contribution in [-0.2, 0) is 0 Å². The van der Waals surface area contributed by atoms with E-state index in [0.717, 1.165) is 104 Å². The molecule has 0 radical (unpaired) electrons. The highest BCUT2D eigenvalue weighted by Crippen LogP contribution is 2.47. The fraction of sp³-hybridized carbons (Fsp3) is 0. The molecule has 12 aromatic rings. The molecule has 0 unspecified atom stereocenters. The van der Waals surface area contributed by atoms with Crippen molar-refractivity contribution < 1.29 is 8.83 Å². The summed E-state index contributed by atoms with van der Waals surface area (Å²) in [4.78, 5) is 7.88. The summed E-state index contributed by atoms with van der Waals surface area (Å²) in [5.41, 5.74) is 11.6. The maximum Gasteiger partial charge on any atom is 0.218 e. The topological polar surface area (TPSA) is 44.9 Å². The molecule has 258 valence electrons. The van der Waals surface area contributed by atoms with Crippen molar-refractivity contribution in [3.05, 3.63) is 181 Å². The number of benzene rings is 8. The molecule has 0 N–H and O–H groups in total. The van der Waals surface area contributed by atoms with Crippen LogP contribution in [0.1, 0.15) is 0 Å². The van der Waals surface area contributed by atoms with E-state index in [1.54, 1.807) is 6.07 Å². The van der Waals surface area contributed by atoms with Crippen molar-refractivity contribution >= 4 is 98.9 Å². The molecule has 0 aliphatic rings. The van der Waals surface area contributed by atoms with E-state index in [1.165, 1.54) is 0 Å². The second-order valence-corrected chi connectivity index (χ2v) is 14.2. The monoisotopic (exact) mass is 714 g/mol. The molecular weight excluding hydrogens is 689 g/mol. The highest BCUT2D eigenvalue weighted by molar-refractivity contribution is 6.19. The van der Waals surface area contributed by atoms with E-state index in [0.29, 0.717) is 17.1 Å². The highest BCUT2D eigenvalue weighted by Gasteiger charge is 2.23. The largest absolute Gasteiger partial charge is 0.456 e. The van der Waals surface area contributed by atoms with E-state index in [-0.39, 0.29) is 0 Å². The summed E-state index contributed by atoms with van der Waals surface area (Å²) in [5, 5.41) is 8.54. The maximum absolute atomic E-state index is 8.44. The molecule has 0 spiro atoms. The first-order valence-corrected chi connectivity index (χ1v) is 18.4. The van der Waals surface area contributed by atoms with Gasteiger partial charge in [-0.3, -0.25) is 4.85 Å². The van der Waals surface area contributed by atoms with Gasteiger partial charge < -0.3 is 18.0 Å². The fourth-order valence-corrected chi connectivity index (χ4v) is 8.91. The zero-order valence-electron chi connectivity index (χ0n) is 29.6. The standard InChI is InChI=1S/C50H26N4O2/c1-51-40-24-23-31(50(49(40)52-2)54-42-16-8-4-12-33(42)37-28-48-39(26-44(37)54)35-14-6-10-18-46(35)56-48)29-19-21-30(22-20-29)53-41-15-7-3-11-32(41)36-27-47-38(25-43(36)53)34-13-5-9-17-45(34)55-47/h3-28H. The number of hydrogen-bond donors (Lipinski definition) is 0. The quantitative estimate of drug-likeness (QED) is 0.171. The predicted molar refractivity (Wildman–Crippen MR) is 228 cm³/mol. The third kappa shape index (κ3) is 4.07. The molecule has 4 aromatic heterocycles. The Morgan fingerprint density at radius 3 is 1.48 bits per heavy atom. The summed E-state index contributed by atoms with van der Waals surface area (Å²) in [6, 6.07) is 54.0. The molecule has 0 fully saturated rings. The number of aromatic nitrogens is 2. The normalized spacial score (nSPS) is 11.9. The highest BCUT2D eigenvalue weighted by atomic mass is 16.3. The van der Waals surface area contributed by atoms with Crippen molar-refractivity contribution in [3.8, 4) is 22.5 Å². The van der Waals surface area contributed by atoms with Gasteiger partial charge in [-0.2, -0.15) is 0 Å². The van der Waals surface area contributed by atoms with Crippen LogP contribution >= 0.6 is 0 Å². The third-order valence-corrected chi connectivity index (χ3v) is 11.4. The van der Waals surface area contributed by atoms with Gasteiger partial charge in [-0.05, 0) is 71.8 Å². The van der Waals surface area contributed by atoms with Crippen LogP contribution in [0.25, 0.3) is 120 Å². The van der Waals surface area contributed by atoms with Gasteiger partial charge in [-0.1, -0.05) is 97.1 Å². The average molecular weight is 715 g/mol. The van der Waals surface area contributed by atoms with E-state index in [1.807, 2.05) is 54.6 Å². The zero-order valence-corrected chi connectivity index (χ0v) is 29.6. The van der Waals surface area contributed by atoms with Crippen molar-refractivity contribution in [1.29, 1.82) is 0 Å². The minimum Gasteiger partial charge on any atom is -0.456 e. The van der Waals surface area contributed by atoms with Crippen LogP contribution in [0, 0.1) is 13.1 Å². The zero-order chi connectivity index (χ0) is 37.1. The predicted octanol–water partition coefficient (Wildman–Crippen LogP) is 14.4. The van der Waals surface area contributed by atoms with Crippen molar-refractivity contribution in [2.45, 2.75) is 0 Å². The molecule has 6 nitrogen and oxygen atoms in total. The van der Waals surface area contributed by atoms with Crippen LogP contribution in [0.4, 0.5) is 11.4 Å². The first kappa shape index (κ1) is 30.4. The fourth-order valence-electron chi connectivity index (χ4n) is 8.91. The van der Waals surface area contributed by atoms with Gasteiger partial charge in [0.05, 0.1) is 35.2 Å². The summed E-state index contributed by atoms with van der Waals surface area (Å²) in [5.74, 6) is 0. The summed E-state index contributed by atoms with van der Waals surface area (Å²) >= 11 is 0. The number of para-hydroxylation sites is 4. The SMILES string of the molecule is [C-]#[N+]c1ccc(-c2ccc(-n3c4ccccc4c4cc5oc6ccccc6c5cc43)cc2)c(-n2c3ccccc3c3cc4oc5ccccc5c4cc32)c1[N+]#[C-]. The van der Waals surface area contributed by atoms with Crippen molar-refractivity contribution in [1.82, 2.24) is 9.13 Å². The second-order valence-electron chi connectivity index (χ2n) is 14.2. The lowest BCUT2D eigenvalue weighted by Crippen LogP contribution is -1.99. The lowest BCUT2D eigenvalue weighted by molar-refractivity contribution is 0.669. The molecule has 6 heteroatoms. The van der Waals surface area contributed by atoms with E-state index in [4.69, 9.17) is 22.0 Å². The first-order valence-electron chi connectivity index (χ1n) is 18.4. The van der Waals surface area contributed by atoms with Crippen molar-refractivity contribution in [3.63, 3.8) is 0 Å². The minimum atomic E-state index is 0.319. The number of rotatable bonds is 3. The molecule has 4 heterocycles. The van der Waals surface area contributed by atoms with Crippen LogP contribution in [-0.4, -0.2) is 9.13 Å². The Hall–Kier alpha value is -8.06. The van der Waals surface area contributed by atoms with Gasteiger partial charge in [0.2, 0.25) is 5.69 Å². The molecule has 0 aliphatic heterocycles.